The van der Waals surface area contributed by atoms with E-state index in [9.17, 15) is 30.0 Å². The fraction of sp³-hybridized carbons (Fsp3) is 0.458. The number of ether oxygens (including phenoxy) is 2. The van der Waals surface area contributed by atoms with Crippen molar-refractivity contribution in [3.05, 3.63) is 70.0 Å². The molecule has 22 heteroatoms. The van der Waals surface area contributed by atoms with Crippen LogP contribution in [-0.2, 0) is 9.59 Å². The SMILES string of the molecule is CCN(CC)c1nc(C)cc(-c2nc(-c3cc(C)c(OCC(O)CNC(=O)C(O)C(O)C(=O)NCC(O)COc4c(C)cc(-c5noc(-c6cc(C)nc(N(CC)CC)n6)n5)cc4C)c(C)c3)no2)n1. The maximum atomic E-state index is 12.7. The Bertz CT molecular complexity index is 2530. The van der Waals surface area contributed by atoms with Crippen LogP contribution in [0.1, 0.15) is 61.3 Å². The van der Waals surface area contributed by atoms with Crippen LogP contribution >= 0.6 is 0 Å². The van der Waals surface area contributed by atoms with E-state index in [1.54, 1.807) is 12.1 Å². The topological polar surface area (TPSA) is 293 Å². The zero-order valence-corrected chi connectivity index (χ0v) is 41.1. The number of aliphatic hydroxyl groups is 4. The van der Waals surface area contributed by atoms with Crippen molar-refractivity contribution in [1.82, 2.24) is 50.9 Å². The number of rotatable bonds is 23. The average Bonchev–Trinajstić information content (AvgIpc) is 4.04. The monoisotopic (exact) mass is 966 g/mol. The van der Waals surface area contributed by atoms with E-state index in [0.29, 0.717) is 57.6 Å². The van der Waals surface area contributed by atoms with Crippen molar-refractivity contribution in [3.8, 4) is 57.4 Å². The molecular weight excluding hydrogens is 905 g/mol. The van der Waals surface area contributed by atoms with Gasteiger partial charge in [-0.1, -0.05) is 10.3 Å². The van der Waals surface area contributed by atoms with E-state index in [-0.39, 0.29) is 38.1 Å². The first kappa shape index (κ1) is 52.2. The van der Waals surface area contributed by atoms with Crippen LogP contribution in [0.25, 0.3) is 45.9 Å². The molecule has 70 heavy (non-hydrogen) atoms. The molecule has 0 saturated carbocycles. The van der Waals surface area contributed by atoms with Crippen LogP contribution in [0.15, 0.2) is 45.4 Å². The lowest BCUT2D eigenvalue weighted by molar-refractivity contribution is -0.146. The zero-order chi connectivity index (χ0) is 50.8. The maximum Gasteiger partial charge on any atom is 0.277 e. The maximum absolute atomic E-state index is 12.7. The van der Waals surface area contributed by atoms with Crippen LogP contribution in [-0.4, -0.2) is 149 Å². The third-order valence-corrected chi connectivity index (χ3v) is 11.2. The lowest BCUT2D eigenvalue weighted by Crippen LogP contribution is -2.52. The molecule has 0 aliphatic heterocycles. The summed E-state index contributed by atoms with van der Waals surface area (Å²) in [6, 6.07) is 10.8. The van der Waals surface area contributed by atoms with E-state index in [4.69, 9.17) is 18.5 Å². The van der Waals surface area contributed by atoms with Gasteiger partial charge in [-0.15, -0.1) is 0 Å². The van der Waals surface area contributed by atoms with Gasteiger partial charge in [0, 0.05) is 61.8 Å². The van der Waals surface area contributed by atoms with Gasteiger partial charge in [0.1, 0.15) is 48.3 Å². The molecule has 4 unspecified atom stereocenters. The molecule has 6 N–H and O–H groups in total. The van der Waals surface area contributed by atoms with Gasteiger partial charge in [-0.25, -0.2) is 19.9 Å². The molecule has 0 saturated heterocycles. The van der Waals surface area contributed by atoms with Gasteiger partial charge in [-0.2, -0.15) is 9.97 Å². The molecule has 374 valence electrons. The van der Waals surface area contributed by atoms with Crippen molar-refractivity contribution in [2.45, 2.75) is 93.7 Å². The van der Waals surface area contributed by atoms with E-state index < -0.39 is 36.2 Å². The van der Waals surface area contributed by atoms with Crippen LogP contribution < -0.4 is 29.9 Å². The number of carbonyl (C=O) groups is 2. The van der Waals surface area contributed by atoms with Crippen molar-refractivity contribution in [1.29, 1.82) is 0 Å². The van der Waals surface area contributed by atoms with E-state index in [0.717, 1.165) is 59.8 Å². The van der Waals surface area contributed by atoms with E-state index in [1.165, 1.54) is 0 Å². The standard InChI is InChI=1S/C48H62N12O10/c1-11-59(12-2)47-51-29(9)19-35(53-47)45-55-41(57-69-45)31-15-25(5)39(26(6)16-31)67-23-33(61)21-49-43(65)37(63)38(64)44(66)50-22-34(62)24-68-40-27(7)17-32(18-28(40)8)42-56-46(70-58-42)36-20-30(10)52-48(54-36)60(13-3)14-4/h15-20,33-34,37-38,61-64H,11-14,21-24H2,1-10H3,(H,49,65)(H,50,66). The summed E-state index contributed by atoms with van der Waals surface area (Å²) < 4.78 is 23.0. The van der Waals surface area contributed by atoms with E-state index >= 15 is 0 Å². The Morgan fingerprint density at radius 2 is 0.886 bits per heavy atom. The predicted octanol–water partition coefficient (Wildman–Crippen LogP) is 3.38. The highest BCUT2D eigenvalue weighted by molar-refractivity contribution is 5.90. The summed E-state index contributed by atoms with van der Waals surface area (Å²) in [7, 11) is 0. The lowest BCUT2D eigenvalue weighted by Gasteiger charge is -2.20. The molecule has 22 nitrogen and oxygen atoms in total. The summed E-state index contributed by atoms with van der Waals surface area (Å²) in [5.41, 5.74) is 6.76. The average molecular weight is 967 g/mol. The largest absolute Gasteiger partial charge is 0.490 e. The number of carbonyl (C=O) groups excluding carboxylic acids is 2. The van der Waals surface area contributed by atoms with Gasteiger partial charge in [-0.3, -0.25) is 9.59 Å². The highest BCUT2D eigenvalue weighted by atomic mass is 16.5. The van der Waals surface area contributed by atoms with Crippen LogP contribution in [0.5, 0.6) is 11.5 Å². The second-order valence-corrected chi connectivity index (χ2v) is 16.8. The van der Waals surface area contributed by atoms with E-state index in [1.807, 2.05) is 103 Å². The number of anilines is 2. The molecule has 6 rings (SSSR count). The van der Waals surface area contributed by atoms with Gasteiger partial charge < -0.3 is 59.4 Å². The summed E-state index contributed by atoms with van der Waals surface area (Å²) >= 11 is 0. The van der Waals surface area contributed by atoms with Gasteiger partial charge in [-0.05, 0) is 128 Å². The van der Waals surface area contributed by atoms with Crippen molar-refractivity contribution in [2.24, 2.45) is 0 Å². The van der Waals surface area contributed by atoms with Crippen LogP contribution in [0.3, 0.4) is 0 Å². The van der Waals surface area contributed by atoms with Crippen LogP contribution in [0, 0.1) is 41.5 Å². The number of benzene rings is 2. The van der Waals surface area contributed by atoms with Gasteiger partial charge in [0.05, 0.1) is 0 Å². The first-order chi connectivity index (χ1) is 33.4. The molecule has 0 aliphatic rings. The first-order valence-electron chi connectivity index (χ1n) is 23.1. The van der Waals surface area contributed by atoms with Crippen LogP contribution in [0.4, 0.5) is 11.9 Å². The summed E-state index contributed by atoms with van der Waals surface area (Å²) in [5, 5.41) is 55.1. The Morgan fingerprint density at radius 1 is 0.543 bits per heavy atom. The molecule has 2 aromatic carbocycles. The minimum Gasteiger partial charge on any atom is -0.490 e. The molecule has 4 atom stereocenters. The van der Waals surface area contributed by atoms with Gasteiger partial charge in [0.25, 0.3) is 23.6 Å². The normalized spacial score (nSPS) is 13.1. The number of aliphatic hydroxyl groups excluding tert-OH is 4. The molecular formula is C48H62N12O10. The molecule has 2 amide bonds. The van der Waals surface area contributed by atoms with Crippen molar-refractivity contribution < 1.29 is 48.5 Å². The Morgan fingerprint density at radius 3 is 1.21 bits per heavy atom. The Kier molecular flexibility index (Phi) is 17.5. The lowest BCUT2D eigenvalue weighted by atomic mass is 10.1. The Balaban J connectivity index is 0.939. The number of amides is 2. The third-order valence-electron chi connectivity index (χ3n) is 11.2. The Labute approximate surface area is 405 Å². The van der Waals surface area contributed by atoms with Gasteiger partial charge in [0.15, 0.2) is 12.2 Å². The van der Waals surface area contributed by atoms with Crippen LogP contribution in [0.2, 0.25) is 0 Å². The molecule has 0 fully saturated rings. The molecule has 6 aromatic rings. The highest BCUT2D eigenvalue weighted by Gasteiger charge is 2.31. The fourth-order valence-corrected chi connectivity index (χ4v) is 7.53. The summed E-state index contributed by atoms with van der Waals surface area (Å²) in [5.74, 6) is 1.10. The first-order valence-corrected chi connectivity index (χ1v) is 23.1. The molecule has 0 aliphatic carbocycles. The number of aryl methyl sites for hydroxylation is 6. The smallest absolute Gasteiger partial charge is 0.277 e. The molecule has 0 radical (unpaired) electrons. The quantitative estimate of drug-likeness (QED) is 0.0536. The third kappa shape index (κ3) is 12.7. The highest BCUT2D eigenvalue weighted by Crippen LogP contribution is 2.32. The Hall–Kier alpha value is -7.14. The summed E-state index contributed by atoms with van der Waals surface area (Å²) in [6.45, 7) is 20.9. The number of hydrogen-bond donors (Lipinski definition) is 6. The van der Waals surface area contributed by atoms with Gasteiger partial charge >= 0.3 is 0 Å². The second kappa shape index (κ2) is 23.4. The number of hydrogen-bond acceptors (Lipinski definition) is 20. The summed E-state index contributed by atoms with van der Waals surface area (Å²) in [6.07, 6.45) is -6.81. The molecule has 4 heterocycles. The number of nitrogens with zero attached hydrogens (tertiary/aromatic N) is 10. The van der Waals surface area contributed by atoms with E-state index in [2.05, 4.69) is 50.9 Å². The zero-order valence-electron chi connectivity index (χ0n) is 41.1. The molecule has 0 bridgehead atoms. The predicted molar refractivity (Wildman–Crippen MR) is 258 cm³/mol. The summed E-state index contributed by atoms with van der Waals surface area (Å²) in [4.78, 5) is 56.9. The van der Waals surface area contributed by atoms with Crippen molar-refractivity contribution >= 4 is 23.7 Å². The molecule has 4 aromatic heterocycles. The number of nitrogens with one attached hydrogen (secondary N) is 2. The molecule has 0 spiro atoms. The second-order valence-electron chi connectivity index (χ2n) is 16.8. The van der Waals surface area contributed by atoms with Gasteiger partial charge in [0.2, 0.25) is 23.5 Å². The minimum atomic E-state index is -2.18. The minimum absolute atomic E-state index is 0.236. The fourth-order valence-electron chi connectivity index (χ4n) is 7.53. The van der Waals surface area contributed by atoms with Crippen molar-refractivity contribution in [2.75, 3.05) is 62.3 Å². The van der Waals surface area contributed by atoms with Crippen molar-refractivity contribution in [3.63, 3.8) is 0 Å². The number of aromatic nitrogens is 8.